The zero-order valence-electron chi connectivity index (χ0n) is 22.2. The van der Waals surface area contributed by atoms with Crippen molar-refractivity contribution in [2.24, 2.45) is 4.99 Å². The van der Waals surface area contributed by atoms with E-state index in [4.69, 9.17) is 0 Å². The van der Waals surface area contributed by atoms with E-state index in [1.54, 1.807) is 12.1 Å². The average Bonchev–Trinajstić information content (AvgIpc) is 3.51. The molecule has 1 unspecified atom stereocenters. The molecular weight excluding hydrogens is 490 g/mol. The third kappa shape index (κ3) is 4.60. The molecule has 9 nitrogen and oxygen atoms in total. The molecule has 2 aliphatic rings. The lowest BCUT2D eigenvalue weighted by atomic mass is 9.97. The van der Waals surface area contributed by atoms with Crippen LogP contribution in [-0.4, -0.2) is 86.8 Å². The topological polar surface area (TPSA) is 91.5 Å². The number of hydrogen-bond acceptors (Lipinski definition) is 8. The number of aldehydes is 1. The Labute approximate surface area is 220 Å². The second-order valence-electron chi connectivity index (χ2n) is 10.5. The summed E-state index contributed by atoms with van der Waals surface area (Å²) < 4.78 is 31.7. The van der Waals surface area contributed by atoms with E-state index in [1.807, 2.05) is 45.5 Å². The van der Waals surface area contributed by atoms with Crippen LogP contribution in [0.1, 0.15) is 32.1 Å². The minimum atomic E-state index is -0.796. The largest absolute Gasteiger partial charge is 0.326 e. The summed E-state index contributed by atoms with van der Waals surface area (Å²) in [5.74, 6) is 0.0315. The molecular formula is C27H32F2N8O. The van der Waals surface area contributed by atoms with Crippen molar-refractivity contribution in [3.05, 3.63) is 47.9 Å². The van der Waals surface area contributed by atoms with E-state index >= 15 is 0 Å². The van der Waals surface area contributed by atoms with Gasteiger partial charge in [0.25, 0.3) is 0 Å². The fourth-order valence-electron chi connectivity index (χ4n) is 5.32. The summed E-state index contributed by atoms with van der Waals surface area (Å²) in [6, 6.07) is 3.37. The summed E-state index contributed by atoms with van der Waals surface area (Å²) >= 11 is 0. The number of aliphatic imine (C=N–C) groups is 1. The van der Waals surface area contributed by atoms with Gasteiger partial charge in [0.15, 0.2) is 11.6 Å². The molecule has 0 saturated carbocycles. The quantitative estimate of drug-likeness (QED) is 0.495. The van der Waals surface area contributed by atoms with Gasteiger partial charge in [-0.15, -0.1) is 0 Å². The number of fused-ring (bicyclic) bond motifs is 1. The van der Waals surface area contributed by atoms with Crippen molar-refractivity contribution in [2.75, 3.05) is 39.0 Å². The van der Waals surface area contributed by atoms with E-state index in [0.29, 0.717) is 23.2 Å². The number of benzene rings is 1. The van der Waals surface area contributed by atoms with Crippen LogP contribution >= 0.6 is 0 Å². The highest BCUT2D eigenvalue weighted by atomic mass is 19.1. The minimum absolute atomic E-state index is 0.0353. The number of imidazole rings is 1. The molecule has 3 aromatic rings. The predicted octanol–water partition coefficient (Wildman–Crippen LogP) is 3.61. The highest BCUT2D eigenvalue weighted by Crippen LogP contribution is 2.31. The number of carbonyl (C=O) groups excluding carboxylic acids is 1. The second kappa shape index (κ2) is 9.95. The summed E-state index contributed by atoms with van der Waals surface area (Å²) in [6.45, 7) is 7.63. The summed E-state index contributed by atoms with van der Waals surface area (Å²) in [5.41, 5.74) is 0.262. The standard InChI is InChI=1S/C27H32F2N8O/c1-16(2)37-17(3)32-25-20(28)10-18(11-22(25)37)24-21(29)12-30-26(34-24)33-23-6-8-27(15-38,14-31-23)36-9-7-19(13-36)35(4)5/h6,8,10-12,15-16,19H,7,9,13-14H2,1-5H3,(H,30,31,33,34)/t19-,27?/m0/s1. The number of likely N-dealkylation sites (tertiary alicyclic amines) is 1. The maximum atomic E-state index is 15.0. The van der Waals surface area contributed by atoms with Gasteiger partial charge in [0.1, 0.15) is 34.7 Å². The van der Waals surface area contributed by atoms with Gasteiger partial charge in [-0.3, -0.25) is 9.89 Å². The Bertz CT molecular complexity index is 1450. The van der Waals surface area contributed by atoms with Gasteiger partial charge < -0.3 is 19.6 Å². The molecule has 1 saturated heterocycles. The molecule has 0 spiro atoms. The van der Waals surface area contributed by atoms with Crippen LogP contribution in [0.15, 0.2) is 35.5 Å². The molecule has 5 rings (SSSR count). The molecule has 2 aliphatic heterocycles. The number of halogens is 2. The SMILES string of the molecule is Cc1nc2c(F)cc(-c3nc(NC4=NCC(C=O)(N5CC[C@H](N(C)C)C5)C=C4)ncc3F)cc2n1C(C)C. The normalized spacial score (nSPS) is 22.0. The van der Waals surface area contributed by atoms with Crippen molar-refractivity contribution >= 4 is 29.1 Å². The Morgan fingerprint density at radius 3 is 2.63 bits per heavy atom. The summed E-state index contributed by atoms with van der Waals surface area (Å²) in [6.07, 6.45) is 6.55. The first kappa shape index (κ1) is 26.1. The lowest BCUT2D eigenvalue weighted by Gasteiger charge is -2.35. The van der Waals surface area contributed by atoms with E-state index in [1.165, 1.54) is 6.07 Å². The number of nitrogens with zero attached hydrogens (tertiary/aromatic N) is 7. The number of amidine groups is 1. The number of rotatable bonds is 6. The van der Waals surface area contributed by atoms with Gasteiger partial charge in [-0.05, 0) is 59.5 Å². The number of likely N-dealkylation sites (N-methyl/N-ethyl adjacent to an activating group) is 1. The Morgan fingerprint density at radius 2 is 2.00 bits per heavy atom. The zero-order chi connectivity index (χ0) is 27.2. The second-order valence-corrected chi connectivity index (χ2v) is 10.5. The van der Waals surface area contributed by atoms with E-state index in [-0.39, 0.29) is 35.3 Å². The van der Waals surface area contributed by atoms with Crippen LogP contribution in [0.5, 0.6) is 0 Å². The van der Waals surface area contributed by atoms with Crippen LogP contribution in [0.2, 0.25) is 0 Å². The van der Waals surface area contributed by atoms with Crippen LogP contribution < -0.4 is 5.32 Å². The minimum Gasteiger partial charge on any atom is -0.326 e. The molecule has 1 N–H and O–H groups in total. The molecule has 38 heavy (non-hydrogen) atoms. The van der Waals surface area contributed by atoms with Crippen LogP contribution in [0, 0.1) is 18.6 Å². The van der Waals surface area contributed by atoms with Crippen molar-refractivity contribution in [3.63, 3.8) is 0 Å². The number of dihydropyridines is 1. The third-order valence-corrected chi connectivity index (χ3v) is 7.42. The maximum Gasteiger partial charge on any atom is 0.229 e. The molecule has 1 fully saturated rings. The molecule has 4 heterocycles. The molecule has 11 heteroatoms. The fourth-order valence-corrected chi connectivity index (χ4v) is 5.32. The molecule has 2 aromatic heterocycles. The van der Waals surface area contributed by atoms with Gasteiger partial charge in [0.05, 0.1) is 18.3 Å². The molecule has 1 aromatic carbocycles. The first-order chi connectivity index (χ1) is 18.1. The van der Waals surface area contributed by atoms with Gasteiger partial charge in [-0.25, -0.2) is 23.7 Å². The van der Waals surface area contributed by atoms with Gasteiger partial charge in [-0.2, -0.15) is 0 Å². The van der Waals surface area contributed by atoms with Gasteiger partial charge in [0, 0.05) is 30.7 Å². The molecule has 0 bridgehead atoms. The molecule has 0 radical (unpaired) electrons. The molecule has 200 valence electrons. The van der Waals surface area contributed by atoms with Crippen molar-refractivity contribution in [2.45, 2.75) is 44.8 Å². The number of hydrogen-bond donors (Lipinski definition) is 1. The summed E-state index contributed by atoms with van der Waals surface area (Å²) in [5, 5.41) is 3.00. The lowest BCUT2D eigenvalue weighted by Crippen LogP contribution is -2.52. The van der Waals surface area contributed by atoms with Crippen LogP contribution in [0.4, 0.5) is 14.7 Å². The number of anilines is 1. The lowest BCUT2D eigenvalue weighted by molar-refractivity contribution is -0.115. The van der Waals surface area contributed by atoms with E-state index in [0.717, 1.165) is 32.0 Å². The Morgan fingerprint density at radius 1 is 1.21 bits per heavy atom. The number of aromatic nitrogens is 4. The number of carbonyl (C=O) groups is 1. The summed E-state index contributed by atoms with van der Waals surface area (Å²) in [4.78, 5) is 33.8. The highest BCUT2D eigenvalue weighted by molar-refractivity contribution is 6.04. The van der Waals surface area contributed by atoms with E-state index in [2.05, 4.69) is 35.1 Å². The Kier molecular flexibility index (Phi) is 6.83. The smallest absolute Gasteiger partial charge is 0.229 e. The van der Waals surface area contributed by atoms with Crippen LogP contribution in [0.25, 0.3) is 22.3 Å². The van der Waals surface area contributed by atoms with Crippen molar-refractivity contribution in [1.82, 2.24) is 29.3 Å². The average molecular weight is 523 g/mol. The monoisotopic (exact) mass is 522 g/mol. The van der Waals surface area contributed by atoms with Crippen LogP contribution in [0.3, 0.4) is 0 Å². The third-order valence-electron chi connectivity index (χ3n) is 7.42. The summed E-state index contributed by atoms with van der Waals surface area (Å²) in [7, 11) is 4.09. The maximum absolute atomic E-state index is 15.0. The number of nitrogens with one attached hydrogen (secondary N) is 1. The van der Waals surface area contributed by atoms with Gasteiger partial charge in [0.2, 0.25) is 5.95 Å². The molecule has 0 amide bonds. The van der Waals surface area contributed by atoms with Gasteiger partial charge >= 0.3 is 0 Å². The number of aryl methyl sites for hydroxylation is 1. The highest BCUT2D eigenvalue weighted by Gasteiger charge is 2.40. The van der Waals surface area contributed by atoms with Gasteiger partial charge in [-0.1, -0.05) is 6.08 Å². The molecule has 0 aliphatic carbocycles. The first-order valence-corrected chi connectivity index (χ1v) is 12.7. The van der Waals surface area contributed by atoms with E-state index in [9.17, 15) is 13.6 Å². The van der Waals surface area contributed by atoms with Crippen molar-refractivity contribution in [1.29, 1.82) is 0 Å². The fraction of sp³-hybridized carbons (Fsp3) is 0.444. The van der Waals surface area contributed by atoms with Crippen molar-refractivity contribution in [3.8, 4) is 11.3 Å². The predicted molar refractivity (Wildman–Crippen MR) is 143 cm³/mol. The Hall–Kier alpha value is -3.57. The first-order valence-electron chi connectivity index (χ1n) is 12.7. The zero-order valence-corrected chi connectivity index (χ0v) is 22.2. The molecule has 2 atom stereocenters. The van der Waals surface area contributed by atoms with Crippen molar-refractivity contribution < 1.29 is 13.6 Å². The van der Waals surface area contributed by atoms with Crippen LogP contribution in [-0.2, 0) is 4.79 Å². The Balaban J connectivity index is 1.39. The van der Waals surface area contributed by atoms with E-state index < -0.39 is 17.2 Å².